The summed E-state index contributed by atoms with van der Waals surface area (Å²) in [5.74, 6) is -0.935. The van der Waals surface area contributed by atoms with Gasteiger partial charge in [-0.25, -0.2) is 8.78 Å². The molecular weight excluding hydrogens is 300 g/mol. The number of hydrogen-bond donors (Lipinski definition) is 2. The van der Waals surface area contributed by atoms with Gasteiger partial charge < -0.3 is 15.2 Å². The highest BCUT2D eigenvalue weighted by atomic mass is 35.5. The fourth-order valence-corrected chi connectivity index (χ4v) is 1.96. The number of nitrogens with one attached hydrogen (secondary N) is 1. The molecule has 0 aliphatic heterocycles. The van der Waals surface area contributed by atoms with Crippen LogP contribution in [0.1, 0.15) is 0 Å². The lowest BCUT2D eigenvalue weighted by Gasteiger charge is -2.15. The molecule has 0 saturated carbocycles. The monoisotopic (exact) mass is 313 g/mol. The van der Waals surface area contributed by atoms with E-state index in [0.717, 1.165) is 12.1 Å². The maximum atomic E-state index is 13.5. The lowest BCUT2D eigenvalue weighted by molar-refractivity contribution is 0.117. The molecule has 0 heterocycles. The predicted octanol–water partition coefficient (Wildman–Crippen LogP) is 3.47. The van der Waals surface area contributed by atoms with Gasteiger partial charge in [-0.2, -0.15) is 0 Å². The minimum atomic E-state index is -0.870. The van der Waals surface area contributed by atoms with Crippen LogP contribution in [-0.4, -0.2) is 24.4 Å². The summed E-state index contributed by atoms with van der Waals surface area (Å²) in [5, 5.41) is 12.3. The topological polar surface area (TPSA) is 41.5 Å². The first-order chi connectivity index (χ1) is 10.1. The summed E-state index contributed by atoms with van der Waals surface area (Å²) in [6.07, 6.45) is -0.870. The summed E-state index contributed by atoms with van der Waals surface area (Å²) in [6.45, 7) is 0.0621. The first-order valence-corrected chi connectivity index (χ1v) is 6.68. The van der Waals surface area contributed by atoms with E-state index in [1.807, 2.05) is 18.2 Å². The minimum Gasteiger partial charge on any atom is -0.491 e. The number of ether oxygens (including phenoxy) is 1. The molecule has 2 rings (SSSR count). The number of benzene rings is 2. The quantitative estimate of drug-likeness (QED) is 0.858. The van der Waals surface area contributed by atoms with Crippen LogP contribution in [0.4, 0.5) is 14.5 Å². The molecule has 3 nitrogen and oxygen atoms in total. The minimum absolute atomic E-state index is 0.0229. The number of anilines is 1. The molecule has 1 unspecified atom stereocenters. The summed E-state index contributed by atoms with van der Waals surface area (Å²) in [6, 6.07) is 10.7. The molecule has 0 saturated heterocycles. The molecule has 0 radical (unpaired) electrons. The Morgan fingerprint density at radius 1 is 1.19 bits per heavy atom. The lowest BCUT2D eigenvalue weighted by Crippen LogP contribution is -2.26. The average molecular weight is 314 g/mol. The summed E-state index contributed by atoms with van der Waals surface area (Å²) >= 11 is 5.74. The molecule has 0 aromatic heterocycles. The number of halogens is 3. The van der Waals surface area contributed by atoms with Gasteiger partial charge >= 0.3 is 0 Å². The van der Waals surface area contributed by atoms with E-state index in [2.05, 4.69) is 5.32 Å². The van der Waals surface area contributed by atoms with Gasteiger partial charge in [0.2, 0.25) is 0 Å². The third kappa shape index (κ3) is 4.58. The number of hydrogen-bond acceptors (Lipinski definition) is 3. The molecule has 6 heteroatoms. The Kier molecular flexibility index (Phi) is 5.36. The molecule has 2 aromatic rings. The molecular formula is C15H14ClF2NO2. The van der Waals surface area contributed by atoms with E-state index < -0.39 is 17.7 Å². The Balaban J connectivity index is 1.85. The molecule has 2 aromatic carbocycles. The maximum absolute atomic E-state index is 13.5. The third-order valence-corrected chi connectivity index (χ3v) is 3.01. The van der Waals surface area contributed by atoms with Crippen LogP contribution in [0.15, 0.2) is 42.5 Å². The van der Waals surface area contributed by atoms with Gasteiger partial charge in [-0.15, -0.1) is 0 Å². The highest BCUT2D eigenvalue weighted by Gasteiger charge is 2.12. The van der Waals surface area contributed by atoms with Crippen molar-refractivity contribution in [3.05, 3.63) is 59.1 Å². The van der Waals surface area contributed by atoms with Crippen molar-refractivity contribution in [2.45, 2.75) is 6.10 Å². The molecule has 21 heavy (non-hydrogen) atoms. The Labute approximate surface area is 126 Å². The molecule has 2 N–H and O–H groups in total. The molecule has 0 bridgehead atoms. The van der Waals surface area contributed by atoms with Crippen LogP contribution in [0, 0.1) is 11.6 Å². The van der Waals surface area contributed by atoms with Crippen molar-refractivity contribution >= 4 is 17.3 Å². The summed E-state index contributed by atoms with van der Waals surface area (Å²) in [7, 11) is 0. The molecule has 0 aliphatic carbocycles. The van der Waals surface area contributed by atoms with E-state index in [9.17, 15) is 13.9 Å². The zero-order chi connectivity index (χ0) is 15.2. The van der Waals surface area contributed by atoms with Crippen LogP contribution in [0.5, 0.6) is 5.75 Å². The standard InChI is InChI=1S/C15H14ClF2NO2/c16-13-6-10(17)7-14(18)15(13)19-8-11(20)9-21-12-4-2-1-3-5-12/h1-7,11,19-20H,8-9H2. The van der Waals surface area contributed by atoms with Crippen LogP contribution in [0.3, 0.4) is 0 Å². The van der Waals surface area contributed by atoms with Crippen LogP contribution in [0.25, 0.3) is 0 Å². The first-order valence-electron chi connectivity index (χ1n) is 6.30. The summed E-state index contributed by atoms with van der Waals surface area (Å²) in [5.41, 5.74) is -0.0446. The van der Waals surface area contributed by atoms with E-state index >= 15 is 0 Å². The Morgan fingerprint density at radius 3 is 2.57 bits per heavy atom. The van der Waals surface area contributed by atoms with Gasteiger partial charge in [-0.05, 0) is 18.2 Å². The number of rotatable bonds is 6. The Hall–Kier alpha value is -1.85. The highest BCUT2D eigenvalue weighted by Crippen LogP contribution is 2.26. The van der Waals surface area contributed by atoms with Gasteiger partial charge in [0.05, 0.1) is 10.7 Å². The smallest absolute Gasteiger partial charge is 0.150 e. The summed E-state index contributed by atoms with van der Waals surface area (Å²) in [4.78, 5) is 0. The van der Waals surface area contributed by atoms with E-state index in [1.54, 1.807) is 12.1 Å². The van der Waals surface area contributed by atoms with Gasteiger partial charge in [-0.1, -0.05) is 29.8 Å². The summed E-state index contributed by atoms with van der Waals surface area (Å²) < 4.78 is 31.8. The van der Waals surface area contributed by atoms with Crippen molar-refractivity contribution < 1.29 is 18.6 Å². The van der Waals surface area contributed by atoms with Crippen LogP contribution in [0.2, 0.25) is 5.02 Å². The average Bonchev–Trinajstić information content (AvgIpc) is 2.45. The van der Waals surface area contributed by atoms with E-state index in [1.165, 1.54) is 0 Å². The van der Waals surface area contributed by atoms with Crippen LogP contribution in [-0.2, 0) is 0 Å². The SMILES string of the molecule is OC(CNc1c(F)cc(F)cc1Cl)COc1ccccc1. The Bertz CT molecular complexity index is 572. The normalized spacial score (nSPS) is 12.0. The fourth-order valence-electron chi connectivity index (χ4n) is 1.70. The fraction of sp³-hybridized carbons (Fsp3) is 0.200. The largest absolute Gasteiger partial charge is 0.491 e. The van der Waals surface area contributed by atoms with Crippen LogP contribution >= 0.6 is 11.6 Å². The number of para-hydroxylation sites is 1. The zero-order valence-electron chi connectivity index (χ0n) is 11.0. The van der Waals surface area contributed by atoms with Crippen molar-refractivity contribution in [2.75, 3.05) is 18.5 Å². The zero-order valence-corrected chi connectivity index (χ0v) is 11.8. The van der Waals surface area contributed by atoms with Crippen molar-refractivity contribution in [1.29, 1.82) is 0 Å². The predicted molar refractivity (Wildman–Crippen MR) is 77.8 cm³/mol. The molecule has 0 spiro atoms. The molecule has 112 valence electrons. The maximum Gasteiger partial charge on any atom is 0.150 e. The second-order valence-electron chi connectivity index (χ2n) is 4.40. The number of aliphatic hydroxyl groups is 1. The second-order valence-corrected chi connectivity index (χ2v) is 4.81. The van der Waals surface area contributed by atoms with E-state index in [4.69, 9.17) is 16.3 Å². The van der Waals surface area contributed by atoms with E-state index in [0.29, 0.717) is 5.75 Å². The van der Waals surface area contributed by atoms with Gasteiger partial charge in [-0.3, -0.25) is 0 Å². The third-order valence-electron chi connectivity index (χ3n) is 2.71. The van der Waals surface area contributed by atoms with Gasteiger partial charge in [0.15, 0.2) is 5.82 Å². The number of aliphatic hydroxyl groups excluding tert-OH is 1. The van der Waals surface area contributed by atoms with Crippen LogP contribution < -0.4 is 10.1 Å². The van der Waals surface area contributed by atoms with Gasteiger partial charge in [0, 0.05) is 12.6 Å². The second kappa shape index (κ2) is 7.24. The van der Waals surface area contributed by atoms with Gasteiger partial charge in [0.25, 0.3) is 0 Å². The first kappa shape index (κ1) is 15.5. The van der Waals surface area contributed by atoms with Gasteiger partial charge in [0.1, 0.15) is 24.3 Å². The van der Waals surface area contributed by atoms with Crippen molar-refractivity contribution in [1.82, 2.24) is 0 Å². The molecule has 0 aliphatic rings. The molecule has 0 amide bonds. The highest BCUT2D eigenvalue weighted by molar-refractivity contribution is 6.33. The lowest BCUT2D eigenvalue weighted by atomic mass is 10.2. The molecule has 0 fully saturated rings. The van der Waals surface area contributed by atoms with Crippen molar-refractivity contribution in [2.24, 2.45) is 0 Å². The Morgan fingerprint density at radius 2 is 1.90 bits per heavy atom. The van der Waals surface area contributed by atoms with Crippen molar-refractivity contribution in [3.8, 4) is 5.75 Å². The van der Waals surface area contributed by atoms with E-state index in [-0.39, 0.29) is 23.9 Å². The molecule has 1 atom stereocenters. The van der Waals surface area contributed by atoms with Crippen molar-refractivity contribution in [3.63, 3.8) is 0 Å².